The van der Waals surface area contributed by atoms with Crippen molar-refractivity contribution in [1.29, 1.82) is 0 Å². The van der Waals surface area contributed by atoms with Gasteiger partial charge in [0, 0.05) is 34.6 Å². The molecule has 0 spiro atoms. The van der Waals surface area contributed by atoms with Crippen LogP contribution in [0, 0.1) is 11.8 Å². The smallest absolute Gasteiger partial charge is 0.241 e. The van der Waals surface area contributed by atoms with E-state index in [4.69, 9.17) is 5.11 Å². The molecule has 0 radical (unpaired) electrons. The third-order valence-corrected chi connectivity index (χ3v) is 7.19. The van der Waals surface area contributed by atoms with E-state index in [1.54, 1.807) is 18.2 Å². The van der Waals surface area contributed by atoms with Crippen molar-refractivity contribution in [1.82, 2.24) is 4.72 Å². The first-order valence-corrected chi connectivity index (χ1v) is 10.2. The van der Waals surface area contributed by atoms with Gasteiger partial charge in [-0.1, -0.05) is 24.0 Å². The topological polar surface area (TPSA) is 66.4 Å². The molecular formula is C14H17NO3S3. The highest BCUT2D eigenvalue weighted by Crippen LogP contribution is 2.24. The maximum atomic E-state index is 12.4. The summed E-state index contributed by atoms with van der Waals surface area (Å²) in [5.74, 6) is 8.34. The average Bonchev–Trinajstić information content (AvgIpc) is 2.52. The van der Waals surface area contributed by atoms with E-state index in [-0.39, 0.29) is 11.5 Å². The molecule has 2 rings (SSSR count). The maximum absolute atomic E-state index is 12.4. The summed E-state index contributed by atoms with van der Waals surface area (Å²) in [5, 5.41) is 9.07. The van der Waals surface area contributed by atoms with Crippen LogP contribution < -0.4 is 4.72 Å². The summed E-state index contributed by atoms with van der Waals surface area (Å²) in [4.78, 5) is 0.166. The first kappa shape index (κ1) is 16.7. The van der Waals surface area contributed by atoms with E-state index in [2.05, 4.69) is 16.6 Å². The molecular weight excluding hydrogens is 326 g/mol. The van der Waals surface area contributed by atoms with Crippen molar-refractivity contribution in [2.45, 2.75) is 10.1 Å². The summed E-state index contributed by atoms with van der Waals surface area (Å²) in [5.41, 5.74) is 0.407. The summed E-state index contributed by atoms with van der Waals surface area (Å²) in [6, 6.07) is 6.58. The second-order valence-corrected chi connectivity index (χ2v) is 8.67. The Balaban J connectivity index is 2.11. The molecule has 0 bridgehead atoms. The lowest BCUT2D eigenvalue weighted by atomic mass is 10.2. The molecule has 0 saturated carbocycles. The quantitative estimate of drug-likeness (QED) is 0.803. The van der Waals surface area contributed by atoms with Crippen LogP contribution in [0.15, 0.2) is 29.2 Å². The zero-order valence-corrected chi connectivity index (χ0v) is 13.9. The largest absolute Gasteiger partial charge is 0.384 e. The van der Waals surface area contributed by atoms with Gasteiger partial charge in [0.2, 0.25) is 10.0 Å². The van der Waals surface area contributed by atoms with E-state index in [0.717, 1.165) is 17.3 Å². The summed E-state index contributed by atoms with van der Waals surface area (Å²) in [6.45, 7) is 0.138. The molecule has 21 heavy (non-hydrogen) atoms. The van der Waals surface area contributed by atoms with Gasteiger partial charge in [0.25, 0.3) is 0 Å². The van der Waals surface area contributed by atoms with E-state index in [1.807, 2.05) is 23.5 Å². The van der Waals surface area contributed by atoms with Crippen molar-refractivity contribution in [3.8, 4) is 11.8 Å². The van der Waals surface area contributed by atoms with E-state index < -0.39 is 10.0 Å². The number of aliphatic hydroxyl groups is 1. The van der Waals surface area contributed by atoms with Crippen LogP contribution in [0.25, 0.3) is 0 Å². The Morgan fingerprint density at radius 2 is 2.14 bits per heavy atom. The molecule has 1 aliphatic heterocycles. The van der Waals surface area contributed by atoms with Gasteiger partial charge in [0.15, 0.2) is 0 Å². The molecule has 4 nitrogen and oxygen atoms in total. The van der Waals surface area contributed by atoms with Gasteiger partial charge in [-0.25, -0.2) is 13.1 Å². The minimum Gasteiger partial charge on any atom is -0.384 e. The molecule has 7 heteroatoms. The van der Waals surface area contributed by atoms with Crippen LogP contribution in [0.3, 0.4) is 0 Å². The minimum atomic E-state index is -3.58. The van der Waals surface area contributed by atoms with Gasteiger partial charge in [0.05, 0.1) is 4.90 Å². The number of benzene rings is 1. The highest BCUT2D eigenvalue weighted by molar-refractivity contribution is 8.06. The monoisotopic (exact) mass is 343 g/mol. The van der Waals surface area contributed by atoms with Crippen LogP contribution in [0.4, 0.5) is 0 Å². The predicted molar refractivity (Wildman–Crippen MR) is 89.2 cm³/mol. The minimum absolute atomic E-state index is 0.166. The van der Waals surface area contributed by atoms with Crippen molar-refractivity contribution >= 4 is 33.5 Å². The van der Waals surface area contributed by atoms with Crippen LogP contribution in [-0.4, -0.2) is 49.2 Å². The molecule has 0 aliphatic carbocycles. The number of thioether (sulfide) groups is 2. The first-order chi connectivity index (χ1) is 10.1. The molecule has 1 aromatic carbocycles. The number of sulfonamides is 1. The third-order valence-electron chi connectivity index (χ3n) is 2.86. The Hall–Kier alpha value is -0.650. The van der Waals surface area contributed by atoms with Crippen LogP contribution in [0.5, 0.6) is 0 Å². The number of hydrogen-bond acceptors (Lipinski definition) is 5. The van der Waals surface area contributed by atoms with Gasteiger partial charge in [-0.2, -0.15) is 23.5 Å². The second kappa shape index (κ2) is 8.11. The van der Waals surface area contributed by atoms with Crippen molar-refractivity contribution in [2.24, 2.45) is 0 Å². The SMILES string of the molecule is O=S(=O)(NCC1CSCCS1)c1ccccc1C#CCO. The molecule has 1 fully saturated rings. The Morgan fingerprint density at radius 3 is 2.86 bits per heavy atom. The molecule has 1 atom stereocenters. The van der Waals surface area contributed by atoms with Gasteiger partial charge in [-0.05, 0) is 12.1 Å². The van der Waals surface area contributed by atoms with Crippen LogP contribution in [0.2, 0.25) is 0 Å². The number of aliphatic hydroxyl groups excluding tert-OH is 1. The summed E-state index contributed by atoms with van der Waals surface area (Å²) in [6.07, 6.45) is 0. The van der Waals surface area contributed by atoms with Crippen LogP contribution in [-0.2, 0) is 10.0 Å². The molecule has 0 aromatic heterocycles. The fourth-order valence-corrected chi connectivity index (χ4v) is 5.83. The number of rotatable bonds is 4. The lowest BCUT2D eigenvalue weighted by Gasteiger charge is -2.21. The van der Waals surface area contributed by atoms with Gasteiger partial charge >= 0.3 is 0 Å². The van der Waals surface area contributed by atoms with E-state index in [1.165, 1.54) is 6.07 Å². The van der Waals surface area contributed by atoms with Gasteiger partial charge in [0.1, 0.15) is 6.61 Å². The van der Waals surface area contributed by atoms with Crippen molar-refractivity contribution < 1.29 is 13.5 Å². The van der Waals surface area contributed by atoms with Crippen LogP contribution in [0.1, 0.15) is 5.56 Å². The van der Waals surface area contributed by atoms with Gasteiger partial charge in [-0.15, -0.1) is 0 Å². The first-order valence-electron chi connectivity index (χ1n) is 6.51. The van der Waals surface area contributed by atoms with E-state index in [9.17, 15) is 8.42 Å². The van der Waals surface area contributed by atoms with Crippen molar-refractivity contribution in [2.75, 3.05) is 30.4 Å². The average molecular weight is 343 g/mol. The summed E-state index contributed by atoms with van der Waals surface area (Å²) >= 11 is 3.67. The number of nitrogens with one attached hydrogen (secondary N) is 1. The van der Waals surface area contributed by atoms with Gasteiger partial charge in [-0.3, -0.25) is 0 Å². The highest BCUT2D eigenvalue weighted by atomic mass is 32.2. The van der Waals surface area contributed by atoms with E-state index >= 15 is 0 Å². The standard InChI is InChI=1S/C14H17NO3S3/c16-7-3-5-12-4-1-2-6-14(12)21(17,18)15-10-13-11-19-8-9-20-13/h1-2,4,6,13,15-16H,7-11H2. The third kappa shape index (κ3) is 4.94. The zero-order chi connectivity index (χ0) is 15.1. The molecule has 1 unspecified atom stereocenters. The Labute approximate surface area is 134 Å². The summed E-state index contributed by atoms with van der Waals surface area (Å²) < 4.78 is 27.5. The fourth-order valence-electron chi connectivity index (χ4n) is 1.87. The molecule has 1 aliphatic rings. The molecule has 1 saturated heterocycles. The molecule has 1 heterocycles. The number of hydrogen-bond donors (Lipinski definition) is 2. The van der Waals surface area contributed by atoms with Crippen molar-refractivity contribution in [3.05, 3.63) is 29.8 Å². The zero-order valence-electron chi connectivity index (χ0n) is 11.4. The highest BCUT2D eigenvalue weighted by Gasteiger charge is 2.21. The molecule has 1 aromatic rings. The Bertz CT molecular complexity index is 628. The summed E-state index contributed by atoms with van der Waals surface area (Å²) in [7, 11) is -3.58. The Kier molecular flexibility index (Phi) is 6.45. The normalized spacial score (nSPS) is 18.8. The fraction of sp³-hybridized carbons (Fsp3) is 0.429. The second-order valence-electron chi connectivity index (χ2n) is 4.38. The lowest BCUT2D eigenvalue weighted by Crippen LogP contribution is -2.33. The molecule has 0 amide bonds. The predicted octanol–water partition coefficient (Wildman–Crippen LogP) is 1.16. The maximum Gasteiger partial charge on any atom is 0.241 e. The lowest BCUT2D eigenvalue weighted by molar-refractivity contribution is 0.350. The molecule has 2 N–H and O–H groups in total. The van der Waals surface area contributed by atoms with Gasteiger partial charge < -0.3 is 5.11 Å². The van der Waals surface area contributed by atoms with Crippen LogP contribution >= 0.6 is 23.5 Å². The van der Waals surface area contributed by atoms with E-state index in [0.29, 0.717) is 17.4 Å². The van der Waals surface area contributed by atoms with Crippen molar-refractivity contribution in [3.63, 3.8) is 0 Å². The molecule has 114 valence electrons. The Morgan fingerprint density at radius 1 is 1.33 bits per heavy atom.